The van der Waals surface area contributed by atoms with E-state index in [1.165, 1.54) is 24.6 Å². The van der Waals surface area contributed by atoms with Gasteiger partial charge in [0.1, 0.15) is 0 Å². The molecule has 0 radical (unpaired) electrons. The molecule has 0 aromatic carbocycles. The molecule has 0 atom stereocenters. The summed E-state index contributed by atoms with van der Waals surface area (Å²) in [5.41, 5.74) is 2.56. The van der Waals surface area contributed by atoms with Crippen molar-refractivity contribution in [3.63, 3.8) is 0 Å². The maximum atomic E-state index is 5.37. The minimum atomic E-state index is 0.633. The summed E-state index contributed by atoms with van der Waals surface area (Å²) >= 11 is 2.02. The van der Waals surface area contributed by atoms with Crippen LogP contribution < -0.4 is 16.6 Å². The van der Waals surface area contributed by atoms with E-state index in [1.807, 2.05) is 11.8 Å². The van der Waals surface area contributed by atoms with E-state index >= 15 is 0 Å². The molecule has 4 N–H and O–H groups in total. The lowest BCUT2D eigenvalue weighted by molar-refractivity contribution is 0.203. The van der Waals surface area contributed by atoms with Gasteiger partial charge in [0.2, 0.25) is 5.96 Å². The SMILES string of the molecule is COCCNC(=NCCN1CCSCC1)NN. The summed E-state index contributed by atoms with van der Waals surface area (Å²) < 4.78 is 4.94. The van der Waals surface area contributed by atoms with E-state index in [0.717, 1.165) is 13.1 Å². The molecule has 0 saturated carbocycles. The van der Waals surface area contributed by atoms with Gasteiger partial charge in [-0.3, -0.25) is 15.3 Å². The van der Waals surface area contributed by atoms with E-state index < -0.39 is 0 Å². The first-order valence-corrected chi connectivity index (χ1v) is 7.06. The molecule has 1 aliphatic heterocycles. The second-order valence-corrected chi connectivity index (χ2v) is 4.97. The van der Waals surface area contributed by atoms with Crippen molar-refractivity contribution in [3.05, 3.63) is 0 Å². The first-order chi connectivity index (χ1) is 8.36. The van der Waals surface area contributed by atoms with Crippen LogP contribution in [0.15, 0.2) is 4.99 Å². The van der Waals surface area contributed by atoms with E-state index in [2.05, 4.69) is 20.6 Å². The predicted molar refractivity (Wildman–Crippen MR) is 73.3 cm³/mol. The number of rotatable bonds is 6. The molecule has 1 saturated heterocycles. The number of nitrogens with zero attached hydrogens (tertiary/aromatic N) is 2. The molecule has 0 unspecified atom stereocenters. The molecule has 17 heavy (non-hydrogen) atoms. The zero-order valence-corrected chi connectivity index (χ0v) is 11.3. The predicted octanol–water partition coefficient (Wildman–Crippen LogP) is -0.909. The average Bonchev–Trinajstić information content (AvgIpc) is 2.38. The van der Waals surface area contributed by atoms with Crippen molar-refractivity contribution in [2.24, 2.45) is 10.8 Å². The lowest BCUT2D eigenvalue weighted by Crippen LogP contribution is -2.43. The normalized spacial score (nSPS) is 18.1. The molecule has 1 fully saturated rings. The van der Waals surface area contributed by atoms with Gasteiger partial charge in [0, 0.05) is 44.8 Å². The molecule has 0 bridgehead atoms. The van der Waals surface area contributed by atoms with Crippen LogP contribution in [0.3, 0.4) is 0 Å². The summed E-state index contributed by atoms with van der Waals surface area (Å²) in [6.07, 6.45) is 0. The molecule has 0 aliphatic carbocycles. The topological polar surface area (TPSA) is 74.9 Å². The highest BCUT2D eigenvalue weighted by atomic mass is 32.2. The van der Waals surface area contributed by atoms with Crippen LogP contribution in [-0.2, 0) is 4.74 Å². The summed E-state index contributed by atoms with van der Waals surface area (Å²) in [7, 11) is 1.67. The second-order valence-electron chi connectivity index (χ2n) is 3.75. The number of aliphatic imine (C=N–C) groups is 1. The fourth-order valence-corrected chi connectivity index (χ4v) is 2.53. The largest absolute Gasteiger partial charge is 0.383 e. The minimum Gasteiger partial charge on any atom is -0.383 e. The van der Waals surface area contributed by atoms with Gasteiger partial charge in [-0.2, -0.15) is 11.8 Å². The van der Waals surface area contributed by atoms with Crippen LogP contribution >= 0.6 is 11.8 Å². The smallest absolute Gasteiger partial charge is 0.205 e. The number of nitrogens with two attached hydrogens (primary N) is 1. The van der Waals surface area contributed by atoms with Crippen LogP contribution in [0.25, 0.3) is 0 Å². The number of hydrogen-bond acceptors (Lipinski definition) is 5. The molecular weight excluding hydrogens is 238 g/mol. The Balaban J connectivity index is 2.14. The number of thioether (sulfide) groups is 1. The van der Waals surface area contributed by atoms with Gasteiger partial charge in [-0.25, -0.2) is 5.84 Å². The summed E-state index contributed by atoms with van der Waals surface area (Å²) in [5.74, 6) is 8.47. The quantitative estimate of drug-likeness (QED) is 0.189. The Bertz CT molecular complexity index is 221. The van der Waals surface area contributed by atoms with Crippen molar-refractivity contribution in [1.82, 2.24) is 15.6 Å². The molecule has 0 amide bonds. The Hall–Kier alpha value is -0.500. The van der Waals surface area contributed by atoms with Crippen LogP contribution in [0.2, 0.25) is 0 Å². The second kappa shape index (κ2) is 9.52. The van der Waals surface area contributed by atoms with Gasteiger partial charge < -0.3 is 10.1 Å². The van der Waals surface area contributed by atoms with Crippen LogP contribution in [0.1, 0.15) is 0 Å². The Morgan fingerprint density at radius 1 is 1.47 bits per heavy atom. The summed E-state index contributed by atoms with van der Waals surface area (Å²) in [6.45, 7) is 5.46. The van der Waals surface area contributed by atoms with Gasteiger partial charge >= 0.3 is 0 Å². The number of hydrogen-bond donors (Lipinski definition) is 3. The van der Waals surface area contributed by atoms with Crippen molar-refractivity contribution in [3.8, 4) is 0 Å². The fraction of sp³-hybridized carbons (Fsp3) is 0.900. The highest BCUT2D eigenvalue weighted by molar-refractivity contribution is 7.99. The lowest BCUT2D eigenvalue weighted by atomic mass is 10.4. The van der Waals surface area contributed by atoms with Crippen LogP contribution in [0.4, 0.5) is 0 Å². The third kappa shape index (κ3) is 6.72. The Morgan fingerprint density at radius 2 is 2.24 bits per heavy atom. The van der Waals surface area contributed by atoms with Crippen molar-refractivity contribution >= 4 is 17.7 Å². The van der Waals surface area contributed by atoms with Crippen LogP contribution in [-0.4, -0.2) is 68.8 Å². The Morgan fingerprint density at radius 3 is 2.88 bits per heavy atom. The third-order valence-corrected chi connectivity index (χ3v) is 3.47. The first-order valence-electron chi connectivity index (χ1n) is 5.91. The van der Waals surface area contributed by atoms with Crippen LogP contribution in [0.5, 0.6) is 0 Å². The first kappa shape index (κ1) is 14.6. The molecule has 0 aromatic rings. The Kier molecular flexibility index (Phi) is 8.16. The summed E-state index contributed by atoms with van der Waals surface area (Å²) in [5, 5.41) is 3.07. The monoisotopic (exact) mass is 261 g/mol. The average molecular weight is 261 g/mol. The van der Waals surface area contributed by atoms with Crippen molar-refractivity contribution < 1.29 is 4.74 Å². The summed E-state index contributed by atoms with van der Waals surface area (Å²) in [4.78, 5) is 6.81. The van der Waals surface area contributed by atoms with Gasteiger partial charge in [-0.15, -0.1) is 0 Å². The van der Waals surface area contributed by atoms with Crippen molar-refractivity contribution in [2.75, 3.05) is 57.9 Å². The van der Waals surface area contributed by atoms with Crippen molar-refractivity contribution in [1.29, 1.82) is 0 Å². The van der Waals surface area contributed by atoms with Gasteiger partial charge in [0.15, 0.2) is 0 Å². The number of guanidine groups is 1. The molecule has 1 rings (SSSR count). The lowest BCUT2D eigenvalue weighted by Gasteiger charge is -2.25. The molecule has 0 spiro atoms. The molecule has 1 aliphatic rings. The minimum absolute atomic E-state index is 0.633. The van der Waals surface area contributed by atoms with Crippen molar-refractivity contribution in [2.45, 2.75) is 0 Å². The Labute approximate surface area is 107 Å². The number of ether oxygens (including phenoxy) is 1. The van der Waals surface area contributed by atoms with E-state index in [1.54, 1.807) is 7.11 Å². The maximum absolute atomic E-state index is 5.37. The van der Waals surface area contributed by atoms with Gasteiger partial charge in [0.25, 0.3) is 0 Å². The van der Waals surface area contributed by atoms with Gasteiger partial charge in [-0.05, 0) is 0 Å². The highest BCUT2D eigenvalue weighted by Crippen LogP contribution is 2.08. The third-order valence-electron chi connectivity index (χ3n) is 2.53. The molecular formula is C10H23N5OS. The van der Waals surface area contributed by atoms with E-state index in [9.17, 15) is 0 Å². The van der Waals surface area contributed by atoms with Gasteiger partial charge in [-0.1, -0.05) is 0 Å². The number of methoxy groups -OCH3 is 1. The molecule has 7 heteroatoms. The highest BCUT2D eigenvalue weighted by Gasteiger charge is 2.08. The van der Waals surface area contributed by atoms with Gasteiger partial charge in [0.05, 0.1) is 13.2 Å². The number of hydrazine groups is 1. The van der Waals surface area contributed by atoms with E-state index in [4.69, 9.17) is 10.6 Å². The van der Waals surface area contributed by atoms with E-state index in [-0.39, 0.29) is 0 Å². The molecule has 1 heterocycles. The zero-order valence-electron chi connectivity index (χ0n) is 10.4. The zero-order chi connectivity index (χ0) is 12.3. The van der Waals surface area contributed by atoms with E-state index in [0.29, 0.717) is 19.1 Å². The summed E-state index contributed by atoms with van der Waals surface area (Å²) in [6, 6.07) is 0. The fourth-order valence-electron chi connectivity index (χ4n) is 1.55. The van der Waals surface area contributed by atoms with Crippen LogP contribution in [0, 0.1) is 0 Å². The number of nitrogens with one attached hydrogen (secondary N) is 2. The standard InChI is InChI=1S/C10H23N5OS/c1-16-7-3-13-10(14-11)12-2-4-15-5-8-17-9-6-15/h2-9,11H2,1H3,(H2,12,13,14). The maximum Gasteiger partial charge on any atom is 0.205 e. The molecule has 0 aromatic heterocycles. The molecule has 6 nitrogen and oxygen atoms in total. The molecule has 100 valence electrons.